The molecule has 2 heterocycles. The summed E-state index contributed by atoms with van der Waals surface area (Å²) in [5.74, 6) is 1.64. The summed E-state index contributed by atoms with van der Waals surface area (Å²) in [4.78, 5) is 14.7. The van der Waals surface area contributed by atoms with Crippen LogP contribution in [0.25, 0.3) is 0 Å². The van der Waals surface area contributed by atoms with Crippen LogP contribution in [0.4, 0.5) is 0 Å². The first kappa shape index (κ1) is 21.0. The Balaban J connectivity index is 0.00000288. The van der Waals surface area contributed by atoms with Gasteiger partial charge in [0.2, 0.25) is 5.91 Å². The maximum Gasteiger partial charge on any atom is 0.239 e. The summed E-state index contributed by atoms with van der Waals surface area (Å²) in [6, 6.07) is 3.94. The van der Waals surface area contributed by atoms with E-state index < -0.39 is 5.54 Å². The second-order valence-corrected chi connectivity index (χ2v) is 6.49. The molecule has 7 heteroatoms. The van der Waals surface area contributed by atoms with Crippen molar-refractivity contribution in [1.82, 2.24) is 10.2 Å². The van der Waals surface area contributed by atoms with Gasteiger partial charge in [0.05, 0.1) is 24.8 Å². The monoisotopic (exact) mass is 359 g/mol. The first-order valence-corrected chi connectivity index (χ1v) is 8.39. The van der Waals surface area contributed by atoms with Crippen molar-refractivity contribution >= 4 is 18.3 Å². The quantitative estimate of drug-likeness (QED) is 0.778. The van der Waals surface area contributed by atoms with E-state index in [1.807, 2.05) is 26.0 Å². The van der Waals surface area contributed by atoms with Crippen molar-refractivity contribution in [1.29, 1.82) is 0 Å². The van der Waals surface area contributed by atoms with Gasteiger partial charge < -0.3 is 20.2 Å². The maximum atomic E-state index is 12.4. The molecule has 1 aromatic heterocycles. The van der Waals surface area contributed by atoms with Crippen molar-refractivity contribution in [2.75, 3.05) is 32.8 Å². The van der Waals surface area contributed by atoms with Crippen molar-refractivity contribution in [3.8, 4) is 0 Å². The number of rotatable bonds is 7. The van der Waals surface area contributed by atoms with Gasteiger partial charge in [-0.05, 0) is 32.4 Å². The lowest BCUT2D eigenvalue weighted by molar-refractivity contribution is -0.126. The Morgan fingerprint density at radius 3 is 2.62 bits per heavy atom. The van der Waals surface area contributed by atoms with Crippen LogP contribution in [0.2, 0.25) is 0 Å². The van der Waals surface area contributed by atoms with Crippen molar-refractivity contribution in [2.45, 2.75) is 45.2 Å². The molecule has 1 saturated heterocycles. The molecule has 1 aliphatic rings. The van der Waals surface area contributed by atoms with Gasteiger partial charge in [-0.15, -0.1) is 12.4 Å². The van der Waals surface area contributed by atoms with E-state index in [1.54, 1.807) is 6.92 Å². The number of amides is 1. The Hall–Kier alpha value is -1.08. The predicted molar refractivity (Wildman–Crippen MR) is 96.3 cm³/mol. The SMILES string of the molecule is CCCC(C)(N)C(=O)NCC(c1ccc(C)o1)N1CCOCC1.Cl. The minimum Gasteiger partial charge on any atom is -0.465 e. The van der Waals surface area contributed by atoms with Gasteiger partial charge in [0.1, 0.15) is 11.5 Å². The number of nitrogens with one attached hydrogen (secondary N) is 1. The van der Waals surface area contributed by atoms with Gasteiger partial charge in [-0.3, -0.25) is 9.69 Å². The molecule has 0 bridgehead atoms. The smallest absolute Gasteiger partial charge is 0.239 e. The highest BCUT2D eigenvalue weighted by molar-refractivity contribution is 5.85. The molecule has 6 nitrogen and oxygen atoms in total. The minimum atomic E-state index is -0.830. The number of nitrogens with two attached hydrogens (primary N) is 1. The topological polar surface area (TPSA) is 80.7 Å². The number of carbonyl (C=O) groups excluding carboxylic acids is 1. The average molecular weight is 360 g/mol. The van der Waals surface area contributed by atoms with Crippen LogP contribution in [-0.2, 0) is 9.53 Å². The average Bonchev–Trinajstić information content (AvgIpc) is 2.94. The first-order chi connectivity index (χ1) is 10.9. The highest BCUT2D eigenvalue weighted by Crippen LogP contribution is 2.23. The maximum absolute atomic E-state index is 12.4. The summed E-state index contributed by atoms with van der Waals surface area (Å²) in [5, 5.41) is 3.01. The van der Waals surface area contributed by atoms with Crippen LogP contribution in [0.1, 0.15) is 44.3 Å². The second-order valence-electron chi connectivity index (χ2n) is 6.49. The Morgan fingerprint density at radius 1 is 1.42 bits per heavy atom. The largest absolute Gasteiger partial charge is 0.465 e. The van der Waals surface area contributed by atoms with Crippen molar-refractivity contribution in [3.63, 3.8) is 0 Å². The van der Waals surface area contributed by atoms with Crippen LogP contribution in [0.5, 0.6) is 0 Å². The fraction of sp³-hybridized carbons (Fsp3) is 0.706. The summed E-state index contributed by atoms with van der Waals surface area (Å²) >= 11 is 0. The van der Waals surface area contributed by atoms with E-state index in [0.29, 0.717) is 26.2 Å². The molecule has 0 saturated carbocycles. The van der Waals surface area contributed by atoms with E-state index in [9.17, 15) is 4.79 Å². The summed E-state index contributed by atoms with van der Waals surface area (Å²) in [6.45, 7) is 9.29. The number of halogens is 1. The fourth-order valence-electron chi connectivity index (χ4n) is 2.96. The highest BCUT2D eigenvalue weighted by Gasteiger charge is 2.30. The summed E-state index contributed by atoms with van der Waals surface area (Å²) in [5.41, 5.74) is 5.28. The van der Waals surface area contributed by atoms with E-state index in [2.05, 4.69) is 10.2 Å². The van der Waals surface area contributed by atoms with Crippen LogP contribution >= 0.6 is 12.4 Å². The molecule has 0 radical (unpaired) electrons. The molecule has 1 amide bonds. The molecule has 24 heavy (non-hydrogen) atoms. The van der Waals surface area contributed by atoms with Gasteiger partial charge in [-0.1, -0.05) is 13.3 Å². The van der Waals surface area contributed by atoms with Gasteiger partial charge in [0, 0.05) is 19.6 Å². The molecular formula is C17H30ClN3O3. The van der Waals surface area contributed by atoms with Gasteiger partial charge in [0.25, 0.3) is 0 Å². The highest BCUT2D eigenvalue weighted by atomic mass is 35.5. The lowest BCUT2D eigenvalue weighted by Gasteiger charge is -2.34. The Labute approximate surface area is 150 Å². The Bertz CT molecular complexity index is 513. The third-order valence-electron chi connectivity index (χ3n) is 4.32. The molecule has 2 atom stereocenters. The van der Waals surface area contributed by atoms with E-state index in [0.717, 1.165) is 31.0 Å². The number of hydrogen-bond acceptors (Lipinski definition) is 5. The van der Waals surface area contributed by atoms with Gasteiger partial charge in [0.15, 0.2) is 0 Å². The number of ether oxygens (including phenoxy) is 1. The number of nitrogens with zero attached hydrogens (tertiary/aromatic N) is 1. The predicted octanol–water partition coefficient (Wildman–Crippen LogP) is 2.02. The number of aryl methyl sites for hydroxylation is 1. The number of furan rings is 1. The van der Waals surface area contributed by atoms with Crippen LogP contribution in [0.3, 0.4) is 0 Å². The van der Waals surface area contributed by atoms with Crippen LogP contribution < -0.4 is 11.1 Å². The minimum absolute atomic E-state index is 0. The molecule has 1 aliphatic heterocycles. The zero-order valence-electron chi connectivity index (χ0n) is 14.8. The summed E-state index contributed by atoms with van der Waals surface area (Å²) < 4.78 is 11.2. The molecule has 0 aliphatic carbocycles. The van der Waals surface area contributed by atoms with Crippen LogP contribution in [0.15, 0.2) is 16.5 Å². The molecular weight excluding hydrogens is 330 g/mol. The van der Waals surface area contributed by atoms with Gasteiger partial charge in [-0.2, -0.15) is 0 Å². The lowest BCUT2D eigenvalue weighted by Crippen LogP contribution is -2.53. The van der Waals surface area contributed by atoms with E-state index in [1.165, 1.54) is 0 Å². The van der Waals surface area contributed by atoms with E-state index in [4.69, 9.17) is 14.9 Å². The molecule has 0 spiro atoms. The molecule has 0 aromatic carbocycles. The first-order valence-electron chi connectivity index (χ1n) is 8.39. The standard InChI is InChI=1S/C17H29N3O3.ClH/c1-4-7-17(3,18)16(21)19-12-14(15-6-5-13(2)23-15)20-8-10-22-11-9-20;/h5-6,14H,4,7-12,18H2,1-3H3,(H,19,21);1H. The number of hydrogen-bond donors (Lipinski definition) is 2. The third kappa shape index (κ3) is 5.48. The second kappa shape index (κ2) is 9.42. The lowest BCUT2D eigenvalue weighted by atomic mass is 9.96. The number of morpholine rings is 1. The summed E-state index contributed by atoms with van der Waals surface area (Å²) in [6.07, 6.45) is 1.55. The Morgan fingerprint density at radius 2 is 2.08 bits per heavy atom. The van der Waals surface area contributed by atoms with Crippen LogP contribution in [0, 0.1) is 6.92 Å². The van der Waals surface area contributed by atoms with Crippen LogP contribution in [-0.4, -0.2) is 49.2 Å². The third-order valence-corrected chi connectivity index (χ3v) is 4.32. The molecule has 1 fully saturated rings. The van der Waals surface area contributed by atoms with Crippen molar-refractivity contribution < 1.29 is 13.9 Å². The molecule has 2 rings (SSSR count). The normalized spacial score (nSPS) is 19.2. The van der Waals surface area contributed by atoms with E-state index in [-0.39, 0.29) is 24.4 Å². The molecule has 138 valence electrons. The molecule has 3 N–H and O–H groups in total. The number of carbonyl (C=O) groups is 1. The zero-order chi connectivity index (χ0) is 16.9. The molecule has 1 aromatic rings. The summed E-state index contributed by atoms with van der Waals surface area (Å²) in [7, 11) is 0. The van der Waals surface area contributed by atoms with Gasteiger partial charge >= 0.3 is 0 Å². The van der Waals surface area contributed by atoms with Crippen molar-refractivity contribution in [3.05, 3.63) is 23.7 Å². The molecule has 2 unspecified atom stereocenters. The van der Waals surface area contributed by atoms with E-state index >= 15 is 0 Å². The fourth-order valence-corrected chi connectivity index (χ4v) is 2.96. The van der Waals surface area contributed by atoms with Crippen molar-refractivity contribution in [2.24, 2.45) is 5.73 Å². The Kier molecular flexibility index (Phi) is 8.22. The zero-order valence-corrected chi connectivity index (χ0v) is 15.7. The van der Waals surface area contributed by atoms with Gasteiger partial charge in [-0.25, -0.2) is 0 Å².